The summed E-state index contributed by atoms with van der Waals surface area (Å²) in [6.45, 7) is 3.80. The summed E-state index contributed by atoms with van der Waals surface area (Å²) >= 11 is 1.28. The Morgan fingerprint density at radius 3 is 2.33 bits per heavy atom. The molecule has 6 rings (SSSR count). The van der Waals surface area contributed by atoms with Crippen LogP contribution in [-0.4, -0.2) is 34.5 Å². The summed E-state index contributed by atoms with van der Waals surface area (Å²) in [5, 5.41) is 4.90. The third-order valence-corrected chi connectivity index (χ3v) is 8.22. The Kier molecular flexibility index (Phi) is 7.18. The van der Waals surface area contributed by atoms with Crippen molar-refractivity contribution in [1.29, 1.82) is 0 Å². The van der Waals surface area contributed by atoms with E-state index >= 15 is 0 Å². The smallest absolute Gasteiger partial charge is 0.338 e. The minimum Gasteiger partial charge on any atom is -0.497 e. The van der Waals surface area contributed by atoms with Gasteiger partial charge in [0, 0.05) is 17.3 Å². The number of hydrogen-bond acceptors (Lipinski definition) is 7. The number of nitrogens with zero attached hydrogens (tertiary/aromatic N) is 4. The molecule has 0 aliphatic carbocycles. The molecule has 1 aliphatic rings. The van der Waals surface area contributed by atoms with Crippen LogP contribution in [0, 0.1) is 6.92 Å². The van der Waals surface area contributed by atoms with Crippen LogP contribution in [0.25, 0.3) is 23.0 Å². The number of rotatable bonds is 6. The Morgan fingerprint density at radius 2 is 1.67 bits per heavy atom. The molecule has 42 heavy (non-hydrogen) atoms. The molecule has 0 N–H and O–H groups in total. The predicted molar refractivity (Wildman–Crippen MR) is 163 cm³/mol. The van der Waals surface area contributed by atoms with Crippen LogP contribution in [0.2, 0.25) is 0 Å². The minimum atomic E-state index is -0.703. The topological polar surface area (TPSA) is 87.7 Å². The highest BCUT2D eigenvalue weighted by Gasteiger charge is 2.33. The van der Waals surface area contributed by atoms with Crippen LogP contribution in [0.5, 0.6) is 5.75 Å². The van der Waals surface area contributed by atoms with Crippen molar-refractivity contribution in [1.82, 2.24) is 14.3 Å². The molecule has 0 radical (unpaired) electrons. The minimum absolute atomic E-state index is 0.254. The number of benzene rings is 3. The number of aromatic nitrogens is 3. The van der Waals surface area contributed by atoms with E-state index in [0.717, 1.165) is 33.6 Å². The van der Waals surface area contributed by atoms with Crippen molar-refractivity contribution in [2.24, 2.45) is 4.99 Å². The first-order valence-electron chi connectivity index (χ1n) is 13.3. The molecular weight excluding hydrogens is 548 g/mol. The van der Waals surface area contributed by atoms with Gasteiger partial charge in [-0.15, -0.1) is 0 Å². The van der Waals surface area contributed by atoms with Gasteiger partial charge in [0.05, 0.1) is 47.4 Å². The van der Waals surface area contributed by atoms with Gasteiger partial charge >= 0.3 is 5.97 Å². The van der Waals surface area contributed by atoms with E-state index in [1.165, 1.54) is 18.4 Å². The van der Waals surface area contributed by atoms with Crippen LogP contribution >= 0.6 is 11.3 Å². The Bertz CT molecular complexity index is 2000. The van der Waals surface area contributed by atoms with Gasteiger partial charge in [-0.1, -0.05) is 71.5 Å². The summed E-state index contributed by atoms with van der Waals surface area (Å²) in [5.74, 6) is 0.141. The summed E-state index contributed by atoms with van der Waals surface area (Å²) in [6.07, 6.45) is 3.78. The summed E-state index contributed by atoms with van der Waals surface area (Å²) < 4.78 is 14.3. The van der Waals surface area contributed by atoms with Gasteiger partial charge in [-0.25, -0.2) is 14.5 Å². The van der Waals surface area contributed by atoms with Gasteiger partial charge < -0.3 is 9.47 Å². The molecule has 0 spiro atoms. The van der Waals surface area contributed by atoms with Crippen molar-refractivity contribution in [3.05, 3.63) is 133 Å². The van der Waals surface area contributed by atoms with Crippen LogP contribution in [0.3, 0.4) is 0 Å². The summed E-state index contributed by atoms with van der Waals surface area (Å²) in [6, 6.07) is 24.6. The van der Waals surface area contributed by atoms with Crippen molar-refractivity contribution >= 4 is 23.4 Å². The molecule has 1 aliphatic heterocycles. The highest BCUT2D eigenvalue weighted by atomic mass is 32.1. The zero-order chi connectivity index (χ0) is 29.4. The number of para-hydroxylation sites is 1. The maximum Gasteiger partial charge on any atom is 0.338 e. The number of carbonyl (C=O) groups excluding carboxylic acids is 1. The van der Waals surface area contributed by atoms with Crippen LogP contribution in [0.1, 0.15) is 29.7 Å². The van der Waals surface area contributed by atoms with Crippen LogP contribution in [-0.2, 0) is 9.53 Å². The van der Waals surface area contributed by atoms with Crippen molar-refractivity contribution in [2.75, 3.05) is 14.2 Å². The second kappa shape index (κ2) is 11.1. The molecule has 8 nitrogen and oxygen atoms in total. The van der Waals surface area contributed by atoms with Crippen molar-refractivity contribution in [2.45, 2.75) is 19.9 Å². The highest BCUT2D eigenvalue weighted by molar-refractivity contribution is 7.07. The molecule has 3 aromatic carbocycles. The SMILES string of the molecule is COC(=O)C1=C(C)N=c2s/c(=C/c3cn(-c4ccccc4)nc3-c3ccc(C)cc3)c(=O)n2[C@H]1c1ccc(OC)cc1. The molecule has 0 saturated heterocycles. The normalized spacial score (nSPS) is 14.9. The van der Waals surface area contributed by atoms with Crippen LogP contribution in [0.4, 0.5) is 0 Å². The second-order valence-electron chi connectivity index (χ2n) is 9.93. The van der Waals surface area contributed by atoms with E-state index in [2.05, 4.69) is 4.99 Å². The summed E-state index contributed by atoms with van der Waals surface area (Å²) in [7, 11) is 2.92. The lowest BCUT2D eigenvalue weighted by Gasteiger charge is -2.24. The van der Waals surface area contributed by atoms with Crippen molar-refractivity contribution < 1.29 is 14.3 Å². The number of methoxy groups -OCH3 is 2. The molecule has 1 atom stereocenters. The van der Waals surface area contributed by atoms with E-state index in [-0.39, 0.29) is 5.56 Å². The van der Waals surface area contributed by atoms with E-state index in [1.807, 2.05) is 90.6 Å². The Balaban J connectivity index is 1.56. The summed E-state index contributed by atoms with van der Waals surface area (Å²) in [5.41, 5.74) is 5.85. The number of hydrogen-bond donors (Lipinski definition) is 0. The lowest BCUT2D eigenvalue weighted by Crippen LogP contribution is -2.39. The van der Waals surface area contributed by atoms with E-state index in [4.69, 9.17) is 14.6 Å². The number of aryl methyl sites for hydroxylation is 1. The number of allylic oxidation sites excluding steroid dienone is 1. The van der Waals surface area contributed by atoms with Crippen molar-refractivity contribution in [3.63, 3.8) is 0 Å². The predicted octanol–water partition coefficient (Wildman–Crippen LogP) is 4.58. The Labute approximate surface area is 246 Å². The Morgan fingerprint density at radius 1 is 0.952 bits per heavy atom. The third-order valence-electron chi connectivity index (χ3n) is 7.23. The van der Waals surface area contributed by atoms with E-state index in [9.17, 15) is 9.59 Å². The fourth-order valence-electron chi connectivity index (χ4n) is 5.08. The molecule has 0 saturated carbocycles. The average molecular weight is 577 g/mol. The molecule has 9 heteroatoms. The molecule has 210 valence electrons. The van der Waals surface area contributed by atoms with Gasteiger partial charge in [0.2, 0.25) is 0 Å². The van der Waals surface area contributed by atoms with Gasteiger partial charge in [0.1, 0.15) is 5.75 Å². The quantitative estimate of drug-likeness (QED) is 0.276. The Hall–Kier alpha value is -5.02. The third kappa shape index (κ3) is 4.88. The first kappa shape index (κ1) is 27.2. The standard InChI is InChI=1S/C33H28N4O4S/c1-20-10-12-22(13-11-20)29-24(19-36(35-29)25-8-6-5-7-9-25)18-27-31(38)37-30(23-14-16-26(40-3)17-15-23)28(32(39)41-4)21(2)34-33(37)42-27/h5-19,30H,1-4H3/b27-18+/t30-/m0/s1. The summed E-state index contributed by atoms with van der Waals surface area (Å²) in [4.78, 5) is 32.3. The van der Waals surface area contributed by atoms with Gasteiger partial charge in [0.15, 0.2) is 4.80 Å². The van der Waals surface area contributed by atoms with E-state index in [1.54, 1.807) is 30.7 Å². The van der Waals surface area contributed by atoms with Gasteiger partial charge in [-0.3, -0.25) is 9.36 Å². The lowest BCUT2D eigenvalue weighted by molar-refractivity contribution is -0.136. The maximum absolute atomic E-state index is 14.1. The highest BCUT2D eigenvalue weighted by Crippen LogP contribution is 2.31. The lowest BCUT2D eigenvalue weighted by atomic mass is 9.96. The molecule has 0 unspecified atom stereocenters. The van der Waals surface area contributed by atoms with E-state index in [0.29, 0.717) is 26.4 Å². The molecule has 0 amide bonds. The van der Waals surface area contributed by atoms with Gasteiger partial charge in [-0.05, 0) is 49.8 Å². The first-order valence-corrected chi connectivity index (χ1v) is 14.2. The van der Waals surface area contributed by atoms with Gasteiger partial charge in [-0.2, -0.15) is 5.10 Å². The number of fused-ring (bicyclic) bond motifs is 1. The monoisotopic (exact) mass is 576 g/mol. The van der Waals surface area contributed by atoms with E-state index < -0.39 is 12.0 Å². The maximum atomic E-state index is 14.1. The number of carbonyl (C=O) groups is 1. The fraction of sp³-hybridized carbons (Fsp3) is 0.152. The average Bonchev–Trinajstić information content (AvgIpc) is 3.57. The van der Waals surface area contributed by atoms with Gasteiger partial charge in [0.25, 0.3) is 5.56 Å². The van der Waals surface area contributed by atoms with Crippen molar-refractivity contribution in [3.8, 4) is 22.7 Å². The fourth-order valence-corrected chi connectivity index (χ4v) is 6.11. The first-order chi connectivity index (χ1) is 20.4. The molecule has 3 heterocycles. The zero-order valence-corrected chi connectivity index (χ0v) is 24.4. The van der Waals surface area contributed by atoms with Crippen LogP contribution in [0.15, 0.2) is 106 Å². The number of ether oxygens (including phenoxy) is 2. The number of thiazole rings is 1. The molecule has 2 aromatic heterocycles. The number of esters is 1. The van der Waals surface area contributed by atoms with Crippen LogP contribution < -0.4 is 19.6 Å². The molecule has 0 bridgehead atoms. The molecule has 5 aromatic rings. The second-order valence-corrected chi connectivity index (χ2v) is 10.9. The molecule has 0 fully saturated rings. The largest absolute Gasteiger partial charge is 0.497 e. The molecular formula is C33H28N4O4S. The zero-order valence-electron chi connectivity index (χ0n) is 23.6.